The zero-order valence-electron chi connectivity index (χ0n) is 13.3. The van der Waals surface area contributed by atoms with Crippen LogP contribution in [-0.4, -0.2) is 17.6 Å². The molecule has 2 aromatic carbocycles. The summed E-state index contributed by atoms with van der Waals surface area (Å²) in [7, 11) is 0. The lowest BCUT2D eigenvalue weighted by atomic mass is 10.1. The average Bonchev–Trinajstić information content (AvgIpc) is 2.58. The van der Waals surface area contributed by atoms with Gasteiger partial charge in [-0.3, -0.25) is 4.98 Å². The molecular weight excluding hydrogens is 406 g/mol. The van der Waals surface area contributed by atoms with Crippen molar-refractivity contribution in [3.8, 4) is 0 Å². The molecular formula is C18H15BrClN3O2. The number of hydrogen-bond acceptors (Lipinski definition) is 5. The molecule has 0 spiro atoms. The van der Waals surface area contributed by atoms with Crippen LogP contribution in [0.15, 0.2) is 47.1 Å². The van der Waals surface area contributed by atoms with Crippen LogP contribution >= 0.6 is 27.5 Å². The van der Waals surface area contributed by atoms with Gasteiger partial charge in [-0.2, -0.15) is 0 Å². The number of benzene rings is 2. The molecule has 0 amide bonds. The van der Waals surface area contributed by atoms with Crippen LogP contribution in [0.3, 0.4) is 0 Å². The second-order valence-corrected chi connectivity index (χ2v) is 6.58. The van der Waals surface area contributed by atoms with Gasteiger partial charge >= 0.3 is 5.97 Å². The van der Waals surface area contributed by atoms with E-state index in [9.17, 15) is 4.79 Å². The minimum Gasteiger partial charge on any atom is -0.462 e. The number of fused-ring (bicyclic) bond motifs is 1. The summed E-state index contributed by atoms with van der Waals surface area (Å²) in [5.41, 5.74) is 8.86. The Balaban J connectivity index is 2.09. The van der Waals surface area contributed by atoms with Crippen LogP contribution in [0.5, 0.6) is 0 Å². The Morgan fingerprint density at radius 3 is 2.88 bits per heavy atom. The summed E-state index contributed by atoms with van der Waals surface area (Å²) >= 11 is 9.73. The van der Waals surface area contributed by atoms with Crippen LogP contribution < -0.4 is 11.1 Å². The molecule has 0 radical (unpaired) electrons. The van der Waals surface area contributed by atoms with Gasteiger partial charge in [-0.25, -0.2) is 4.79 Å². The van der Waals surface area contributed by atoms with Gasteiger partial charge in [0.25, 0.3) is 0 Å². The number of nitrogens with two attached hydrogens (primary N) is 1. The second-order valence-electron chi connectivity index (χ2n) is 5.25. The first kappa shape index (κ1) is 17.5. The average molecular weight is 421 g/mol. The molecule has 0 unspecified atom stereocenters. The highest BCUT2D eigenvalue weighted by atomic mass is 79.9. The van der Waals surface area contributed by atoms with Crippen molar-refractivity contribution in [3.05, 3.63) is 57.7 Å². The number of nitrogens with one attached hydrogen (secondary N) is 1. The molecule has 3 rings (SSSR count). The topological polar surface area (TPSA) is 77.2 Å². The van der Waals surface area contributed by atoms with Crippen molar-refractivity contribution in [3.63, 3.8) is 0 Å². The summed E-state index contributed by atoms with van der Waals surface area (Å²) in [5.74, 6) is -0.470. The van der Waals surface area contributed by atoms with E-state index >= 15 is 0 Å². The van der Waals surface area contributed by atoms with Gasteiger partial charge in [-0.15, -0.1) is 0 Å². The van der Waals surface area contributed by atoms with E-state index in [4.69, 9.17) is 22.1 Å². The van der Waals surface area contributed by atoms with Crippen LogP contribution in [0.1, 0.15) is 17.3 Å². The number of nitrogens with zero attached hydrogens (tertiary/aromatic N) is 1. The third-order valence-corrected chi connectivity index (χ3v) is 4.40. The Labute approximate surface area is 158 Å². The number of aromatic nitrogens is 1. The van der Waals surface area contributed by atoms with Crippen LogP contribution in [-0.2, 0) is 4.74 Å². The predicted molar refractivity (Wildman–Crippen MR) is 105 cm³/mol. The molecule has 0 aliphatic carbocycles. The lowest BCUT2D eigenvalue weighted by molar-refractivity contribution is 0.0527. The first-order valence-corrected chi connectivity index (χ1v) is 8.74. The smallest absolute Gasteiger partial charge is 0.340 e. The number of hydrogen-bond donors (Lipinski definition) is 2. The minimum absolute atomic E-state index is 0.276. The molecule has 5 nitrogen and oxygen atoms in total. The number of carbonyl (C=O) groups excluding carboxylic acids is 1. The van der Waals surface area contributed by atoms with Crippen molar-refractivity contribution < 1.29 is 9.53 Å². The van der Waals surface area contributed by atoms with Gasteiger partial charge in [0.2, 0.25) is 0 Å². The van der Waals surface area contributed by atoms with Crippen molar-refractivity contribution in [2.24, 2.45) is 0 Å². The molecule has 3 aromatic rings. The van der Waals surface area contributed by atoms with E-state index in [1.54, 1.807) is 37.4 Å². The molecule has 0 bridgehead atoms. The number of ether oxygens (including phenoxy) is 1. The van der Waals surface area contributed by atoms with E-state index in [2.05, 4.69) is 26.2 Å². The summed E-state index contributed by atoms with van der Waals surface area (Å²) in [6, 6.07) is 10.7. The Kier molecular flexibility index (Phi) is 5.11. The largest absolute Gasteiger partial charge is 0.462 e. The molecule has 0 atom stereocenters. The van der Waals surface area contributed by atoms with E-state index in [0.717, 1.165) is 16.6 Å². The third-order valence-electron chi connectivity index (χ3n) is 3.63. The van der Waals surface area contributed by atoms with Crippen LogP contribution in [0.25, 0.3) is 10.9 Å². The van der Waals surface area contributed by atoms with Gasteiger partial charge in [0.1, 0.15) is 0 Å². The number of rotatable bonds is 4. The zero-order valence-corrected chi connectivity index (χ0v) is 15.7. The highest BCUT2D eigenvalue weighted by Crippen LogP contribution is 2.35. The minimum atomic E-state index is -0.470. The Bertz CT molecular complexity index is 957. The maximum Gasteiger partial charge on any atom is 0.340 e. The number of anilines is 3. The van der Waals surface area contributed by atoms with Crippen LogP contribution in [0.2, 0.25) is 5.02 Å². The van der Waals surface area contributed by atoms with Crippen LogP contribution in [0.4, 0.5) is 17.1 Å². The molecule has 1 aromatic heterocycles. The van der Waals surface area contributed by atoms with E-state index < -0.39 is 5.97 Å². The van der Waals surface area contributed by atoms with E-state index in [-0.39, 0.29) is 6.61 Å². The van der Waals surface area contributed by atoms with Gasteiger partial charge in [-0.05, 0) is 37.3 Å². The summed E-state index contributed by atoms with van der Waals surface area (Å²) in [6.07, 6.45) is 1.68. The molecule has 25 heavy (non-hydrogen) atoms. The monoisotopic (exact) mass is 419 g/mol. The molecule has 1 heterocycles. The van der Waals surface area contributed by atoms with Crippen molar-refractivity contribution in [1.82, 2.24) is 4.98 Å². The molecule has 0 aliphatic heterocycles. The molecule has 3 N–H and O–H groups in total. The van der Waals surface area contributed by atoms with E-state index in [0.29, 0.717) is 26.4 Å². The quantitative estimate of drug-likeness (QED) is 0.451. The highest BCUT2D eigenvalue weighted by molar-refractivity contribution is 9.10. The van der Waals surface area contributed by atoms with Crippen molar-refractivity contribution in [2.45, 2.75) is 6.92 Å². The fraction of sp³-hybridized carbons (Fsp3) is 0.111. The van der Waals surface area contributed by atoms with E-state index in [1.165, 1.54) is 0 Å². The fourth-order valence-corrected chi connectivity index (χ4v) is 3.24. The molecule has 0 saturated carbocycles. The zero-order chi connectivity index (χ0) is 18.0. The SMILES string of the molecule is CCOC(=O)c1cc(Br)cc(Nc2ccnc3cccc(Cl)c23)c1N. The maximum absolute atomic E-state index is 12.1. The number of carbonyl (C=O) groups is 1. The molecule has 128 valence electrons. The summed E-state index contributed by atoms with van der Waals surface area (Å²) in [4.78, 5) is 16.4. The van der Waals surface area contributed by atoms with Gasteiger partial charge in [-0.1, -0.05) is 33.6 Å². The maximum atomic E-state index is 12.1. The Morgan fingerprint density at radius 2 is 2.12 bits per heavy atom. The number of halogens is 2. The van der Waals surface area contributed by atoms with E-state index in [1.807, 2.05) is 12.1 Å². The number of pyridine rings is 1. The molecule has 0 aliphatic rings. The summed E-state index contributed by atoms with van der Waals surface area (Å²) in [6.45, 7) is 2.02. The highest BCUT2D eigenvalue weighted by Gasteiger charge is 2.16. The fourth-order valence-electron chi connectivity index (χ4n) is 2.51. The normalized spacial score (nSPS) is 10.7. The third kappa shape index (κ3) is 3.55. The first-order valence-electron chi connectivity index (χ1n) is 7.57. The lowest BCUT2D eigenvalue weighted by Crippen LogP contribution is -2.10. The number of esters is 1. The Hall–Kier alpha value is -2.31. The van der Waals surface area contributed by atoms with Crippen LogP contribution in [0, 0.1) is 0 Å². The van der Waals surface area contributed by atoms with Gasteiger partial charge in [0.05, 0.1) is 39.8 Å². The molecule has 0 fully saturated rings. The summed E-state index contributed by atoms with van der Waals surface area (Å²) < 4.78 is 5.76. The molecule has 0 saturated heterocycles. The first-order chi connectivity index (χ1) is 12.0. The standard InChI is InChI=1S/C18H15BrClN3O2/c1-2-25-18(24)11-8-10(19)9-15(17(11)21)23-14-6-7-22-13-5-3-4-12(20)16(13)14/h3-9H,2,21H2,1H3,(H,22,23). The number of nitrogen functional groups attached to an aromatic ring is 1. The molecule has 7 heteroatoms. The lowest BCUT2D eigenvalue weighted by Gasteiger charge is -2.15. The van der Waals surface area contributed by atoms with Crippen molar-refractivity contribution in [1.29, 1.82) is 0 Å². The van der Waals surface area contributed by atoms with Gasteiger partial charge in [0.15, 0.2) is 0 Å². The van der Waals surface area contributed by atoms with Gasteiger partial charge in [0, 0.05) is 16.1 Å². The second kappa shape index (κ2) is 7.29. The summed E-state index contributed by atoms with van der Waals surface area (Å²) in [5, 5.41) is 4.60. The van der Waals surface area contributed by atoms with Crippen molar-refractivity contribution in [2.75, 3.05) is 17.7 Å². The predicted octanol–water partition coefficient (Wildman–Crippen LogP) is 5.15. The van der Waals surface area contributed by atoms with Crippen molar-refractivity contribution >= 4 is 61.5 Å². The van der Waals surface area contributed by atoms with Gasteiger partial charge < -0.3 is 15.8 Å². The Morgan fingerprint density at radius 1 is 1.32 bits per heavy atom.